The maximum Gasteiger partial charge on any atom is 0.191 e. The highest BCUT2D eigenvalue weighted by molar-refractivity contribution is 14.0. The number of guanidine groups is 1. The van der Waals surface area contributed by atoms with Gasteiger partial charge in [0.15, 0.2) is 15.8 Å². The summed E-state index contributed by atoms with van der Waals surface area (Å²) in [5.74, 6) is 0.601. The molecule has 5 nitrogen and oxygen atoms in total. The minimum absolute atomic E-state index is 0. The summed E-state index contributed by atoms with van der Waals surface area (Å²) >= 11 is 0. The van der Waals surface area contributed by atoms with Gasteiger partial charge in [-0.1, -0.05) is 6.08 Å². The first-order valence-electron chi connectivity index (χ1n) is 5.57. The topological polar surface area (TPSA) is 70.6 Å². The van der Waals surface area contributed by atoms with Gasteiger partial charge in [-0.2, -0.15) is 0 Å². The Kier molecular flexibility index (Phi) is 9.71. The van der Waals surface area contributed by atoms with Crippen molar-refractivity contribution in [2.75, 3.05) is 25.9 Å². The molecule has 2 N–H and O–H groups in total. The molecule has 0 heterocycles. The molecule has 0 aliphatic rings. The van der Waals surface area contributed by atoms with Gasteiger partial charge in [0, 0.05) is 19.3 Å². The van der Waals surface area contributed by atoms with Crippen LogP contribution < -0.4 is 10.6 Å². The maximum atomic E-state index is 11.5. The van der Waals surface area contributed by atoms with E-state index in [1.807, 2.05) is 6.92 Å². The highest BCUT2D eigenvalue weighted by atomic mass is 127. The molecule has 7 heteroatoms. The highest BCUT2D eigenvalue weighted by Crippen LogP contribution is 2.14. The van der Waals surface area contributed by atoms with Crippen LogP contribution in [0.15, 0.2) is 17.6 Å². The van der Waals surface area contributed by atoms with Crippen LogP contribution in [-0.2, 0) is 9.84 Å². The van der Waals surface area contributed by atoms with Crippen LogP contribution in [0.25, 0.3) is 0 Å². The van der Waals surface area contributed by atoms with Crippen LogP contribution in [0, 0.1) is 0 Å². The number of hydrogen-bond donors (Lipinski definition) is 2. The number of aliphatic imine (C=N–C) groups is 1. The molecule has 0 bridgehead atoms. The molecule has 0 atom stereocenters. The summed E-state index contributed by atoms with van der Waals surface area (Å²) in [4.78, 5) is 4.26. The van der Waals surface area contributed by atoms with Gasteiger partial charge in [-0.15, -0.1) is 30.6 Å². The predicted molar refractivity (Wildman–Crippen MR) is 88.5 cm³/mol. The smallest absolute Gasteiger partial charge is 0.191 e. The number of halogens is 1. The third-order valence-electron chi connectivity index (χ3n) is 2.38. The van der Waals surface area contributed by atoms with Crippen LogP contribution in [0.1, 0.15) is 20.8 Å². The number of rotatable bonds is 6. The van der Waals surface area contributed by atoms with Gasteiger partial charge in [0.1, 0.15) is 0 Å². The second kappa shape index (κ2) is 8.73. The zero-order chi connectivity index (χ0) is 13.5. The van der Waals surface area contributed by atoms with Crippen LogP contribution in [0.3, 0.4) is 0 Å². The lowest BCUT2D eigenvalue weighted by atomic mass is 10.2. The Morgan fingerprint density at radius 3 is 2.33 bits per heavy atom. The first kappa shape index (κ1) is 20.0. The Morgan fingerprint density at radius 1 is 1.39 bits per heavy atom. The van der Waals surface area contributed by atoms with Crippen LogP contribution in [0.4, 0.5) is 0 Å². The van der Waals surface area contributed by atoms with Crippen molar-refractivity contribution >= 4 is 39.8 Å². The summed E-state index contributed by atoms with van der Waals surface area (Å²) in [6, 6.07) is 0. The molecule has 0 aromatic carbocycles. The summed E-state index contributed by atoms with van der Waals surface area (Å²) in [6.45, 7) is 10.4. The number of nitrogens with one attached hydrogen (secondary N) is 2. The van der Waals surface area contributed by atoms with Crippen molar-refractivity contribution in [3.63, 3.8) is 0 Å². The van der Waals surface area contributed by atoms with E-state index in [4.69, 9.17) is 0 Å². The van der Waals surface area contributed by atoms with Crippen molar-refractivity contribution in [2.24, 2.45) is 4.99 Å². The molecule has 0 aromatic heterocycles. The summed E-state index contributed by atoms with van der Waals surface area (Å²) in [6.07, 6.45) is 2.95. The molecule has 0 amide bonds. The van der Waals surface area contributed by atoms with Crippen molar-refractivity contribution in [3.8, 4) is 0 Å². The van der Waals surface area contributed by atoms with Gasteiger partial charge in [0.2, 0.25) is 0 Å². The molecule has 0 aliphatic carbocycles. The Bertz CT molecular complexity index is 378. The summed E-state index contributed by atoms with van der Waals surface area (Å²) < 4.78 is 22.2. The average molecular weight is 389 g/mol. The first-order valence-corrected chi connectivity index (χ1v) is 7.46. The summed E-state index contributed by atoms with van der Waals surface area (Å²) in [5, 5.41) is 6.06. The molecule has 0 saturated carbocycles. The van der Waals surface area contributed by atoms with Crippen molar-refractivity contribution in [1.82, 2.24) is 10.6 Å². The van der Waals surface area contributed by atoms with Crippen LogP contribution in [-0.4, -0.2) is 45.0 Å². The molecule has 0 rings (SSSR count). The molecule has 0 spiro atoms. The third-order valence-corrected chi connectivity index (χ3v) is 4.52. The van der Waals surface area contributed by atoms with Gasteiger partial charge in [-0.25, -0.2) is 8.42 Å². The molecule has 0 radical (unpaired) electrons. The van der Waals surface area contributed by atoms with Gasteiger partial charge in [-0.3, -0.25) is 4.99 Å². The molecule has 18 heavy (non-hydrogen) atoms. The zero-order valence-electron chi connectivity index (χ0n) is 11.5. The van der Waals surface area contributed by atoms with E-state index in [2.05, 4.69) is 22.2 Å². The minimum atomic E-state index is -3.12. The largest absolute Gasteiger partial charge is 0.357 e. The summed E-state index contributed by atoms with van der Waals surface area (Å²) in [7, 11) is -3.12. The lowest BCUT2D eigenvalue weighted by Crippen LogP contribution is -2.40. The fourth-order valence-electron chi connectivity index (χ4n) is 0.897. The van der Waals surface area contributed by atoms with Crippen LogP contribution >= 0.6 is 24.0 Å². The summed E-state index contributed by atoms with van der Waals surface area (Å²) in [5.41, 5.74) is 0. The van der Waals surface area contributed by atoms with Crippen LogP contribution in [0.5, 0.6) is 0 Å². The van der Waals surface area contributed by atoms with Gasteiger partial charge in [0.25, 0.3) is 0 Å². The normalized spacial score (nSPS) is 12.6. The SMILES string of the molecule is C=CCNC(=NCC(C)(C)S(C)(=O)=O)NCC.I. The van der Waals surface area contributed by atoms with Crippen molar-refractivity contribution < 1.29 is 8.42 Å². The second-order valence-corrected chi connectivity index (χ2v) is 7.05. The fraction of sp³-hybridized carbons (Fsp3) is 0.727. The Balaban J connectivity index is 0. The van der Waals surface area contributed by atoms with E-state index in [1.165, 1.54) is 6.26 Å². The number of sulfone groups is 1. The molecule has 0 aliphatic heterocycles. The van der Waals surface area contributed by atoms with Gasteiger partial charge < -0.3 is 10.6 Å². The maximum absolute atomic E-state index is 11.5. The second-order valence-electron chi connectivity index (χ2n) is 4.40. The number of nitrogens with zero attached hydrogens (tertiary/aromatic N) is 1. The highest BCUT2D eigenvalue weighted by Gasteiger charge is 2.29. The average Bonchev–Trinajstić information content (AvgIpc) is 2.20. The quantitative estimate of drug-likeness (QED) is 0.310. The molecular weight excluding hydrogens is 365 g/mol. The van der Waals surface area contributed by atoms with Crippen molar-refractivity contribution in [1.29, 1.82) is 0 Å². The standard InChI is InChI=1S/C11H23N3O2S.HI/c1-6-8-13-10(12-7-2)14-9-11(3,4)17(5,15)16;/h6H,1,7-9H2,2-5H3,(H2,12,13,14);1H. The van der Waals surface area contributed by atoms with Crippen molar-refractivity contribution in [2.45, 2.75) is 25.5 Å². The number of hydrogen-bond acceptors (Lipinski definition) is 3. The van der Waals surface area contributed by atoms with E-state index < -0.39 is 14.6 Å². The van der Waals surface area contributed by atoms with E-state index in [9.17, 15) is 8.42 Å². The lowest BCUT2D eigenvalue weighted by molar-refractivity contribution is 0.554. The third kappa shape index (κ3) is 7.20. The Hall–Kier alpha value is -0.310. The first-order chi connectivity index (χ1) is 7.74. The fourth-order valence-corrected chi connectivity index (χ4v) is 1.20. The van der Waals surface area contributed by atoms with E-state index >= 15 is 0 Å². The molecule has 108 valence electrons. The zero-order valence-corrected chi connectivity index (χ0v) is 14.6. The molecule has 0 unspecified atom stereocenters. The van der Waals surface area contributed by atoms with Gasteiger partial charge in [-0.05, 0) is 20.8 Å². The predicted octanol–water partition coefficient (Wildman–Crippen LogP) is 1.17. The van der Waals surface area contributed by atoms with Gasteiger partial charge in [0.05, 0.1) is 11.3 Å². The Morgan fingerprint density at radius 2 is 1.94 bits per heavy atom. The molecule has 0 aromatic rings. The van der Waals surface area contributed by atoms with E-state index in [-0.39, 0.29) is 30.5 Å². The monoisotopic (exact) mass is 389 g/mol. The lowest BCUT2D eigenvalue weighted by Gasteiger charge is -2.20. The molecular formula is C11H24IN3O2S. The molecule has 0 saturated heterocycles. The van der Waals surface area contributed by atoms with Crippen LogP contribution in [0.2, 0.25) is 0 Å². The Labute approximate surface area is 127 Å². The van der Waals surface area contributed by atoms with Gasteiger partial charge >= 0.3 is 0 Å². The van der Waals surface area contributed by atoms with E-state index in [1.54, 1.807) is 19.9 Å². The molecule has 0 fully saturated rings. The van der Waals surface area contributed by atoms with E-state index in [0.29, 0.717) is 12.5 Å². The van der Waals surface area contributed by atoms with E-state index in [0.717, 1.165) is 6.54 Å². The minimum Gasteiger partial charge on any atom is -0.357 e. The van der Waals surface area contributed by atoms with Crippen molar-refractivity contribution in [3.05, 3.63) is 12.7 Å².